The molecule has 0 radical (unpaired) electrons. The number of amides is 2. The second-order valence-corrected chi connectivity index (χ2v) is 9.15. The van der Waals surface area contributed by atoms with Crippen molar-refractivity contribution in [1.82, 2.24) is 14.8 Å². The predicted molar refractivity (Wildman–Crippen MR) is 124 cm³/mol. The molecular formula is C26H28FN3O3. The van der Waals surface area contributed by atoms with Gasteiger partial charge in [-0.3, -0.25) is 9.59 Å². The quantitative estimate of drug-likeness (QED) is 0.658. The third-order valence-electron chi connectivity index (χ3n) is 7.26. The van der Waals surface area contributed by atoms with Gasteiger partial charge in [-0.1, -0.05) is 30.7 Å². The zero-order valence-electron chi connectivity index (χ0n) is 18.9. The summed E-state index contributed by atoms with van der Waals surface area (Å²) in [6.45, 7) is 0.702. The van der Waals surface area contributed by atoms with Crippen molar-refractivity contribution in [2.24, 2.45) is 7.05 Å². The van der Waals surface area contributed by atoms with E-state index in [9.17, 15) is 14.0 Å². The molecule has 33 heavy (non-hydrogen) atoms. The molecule has 172 valence electrons. The number of likely N-dealkylation sites (tertiary alicyclic amines) is 1. The molecule has 2 amide bonds. The summed E-state index contributed by atoms with van der Waals surface area (Å²) in [5.74, 6) is -0.0665. The number of ether oxygens (including phenoxy) is 1. The number of benzene rings is 2. The fraction of sp³-hybridized carbons (Fsp3) is 0.385. The molecule has 1 spiro atoms. The van der Waals surface area contributed by atoms with E-state index in [0.29, 0.717) is 42.9 Å². The number of fused-ring (bicyclic) bond motifs is 1. The number of nitrogens with zero attached hydrogens (tertiary/aromatic N) is 2. The fourth-order valence-electron chi connectivity index (χ4n) is 5.61. The average Bonchev–Trinajstić information content (AvgIpc) is 3.27. The number of carbonyl (C=O) groups excluding carboxylic acids is 2. The number of hydrogen-bond donors (Lipinski definition) is 1. The molecule has 0 unspecified atom stereocenters. The molecule has 0 bridgehead atoms. The van der Waals surface area contributed by atoms with Gasteiger partial charge in [0.1, 0.15) is 17.3 Å². The van der Waals surface area contributed by atoms with Crippen molar-refractivity contribution in [1.29, 1.82) is 0 Å². The highest BCUT2D eigenvalue weighted by Gasteiger charge is 2.50. The number of aryl methyl sites for hydroxylation is 1. The van der Waals surface area contributed by atoms with Crippen LogP contribution in [-0.2, 0) is 11.8 Å². The average molecular weight is 450 g/mol. The highest BCUT2D eigenvalue weighted by Crippen LogP contribution is 2.42. The van der Waals surface area contributed by atoms with Crippen molar-refractivity contribution in [3.05, 3.63) is 65.6 Å². The maximum Gasteiger partial charge on any atom is 0.270 e. The Morgan fingerprint density at radius 3 is 2.79 bits per heavy atom. The van der Waals surface area contributed by atoms with Crippen LogP contribution in [0.2, 0.25) is 0 Å². The Morgan fingerprint density at radius 1 is 1.18 bits per heavy atom. The summed E-state index contributed by atoms with van der Waals surface area (Å²) < 4.78 is 22.2. The first kappa shape index (κ1) is 21.5. The minimum absolute atomic E-state index is 0.0301. The van der Waals surface area contributed by atoms with E-state index in [-0.39, 0.29) is 23.5 Å². The molecule has 3 aromatic rings. The zero-order chi connectivity index (χ0) is 23.2. The standard InChI is InChI=1S/C26H28FN3O3/c1-29-21-10-7-11-23(33-2)18(21)14-22(29)25(32)30-15-19(17-8-3-4-9-20(17)27)26(16-30)13-6-5-12-24(31)28-26/h3-4,7-11,14,19H,5-6,12-13,15-16H2,1-2H3,(H,28,31)/t19-,26+/m0/s1. The van der Waals surface area contributed by atoms with Gasteiger partial charge in [-0.2, -0.15) is 0 Å². The smallest absolute Gasteiger partial charge is 0.270 e. The number of rotatable bonds is 3. The highest BCUT2D eigenvalue weighted by atomic mass is 19.1. The molecule has 7 heteroatoms. The Labute approximate surface area is 192 Å². The lowest BCUT2D eigenvalue weighted by molar-refractivity contribution is -0.122. The van der Waals surface area contributed by atoms with Gasteiger partial charge in [-0.05, 0) is 42.7 Å². The van der Waals surface area contributed by atoms with Gasteiger partial charge in [0.25, 0.3) is 5.91 Å². The van der Waals surface area contributed by atoms with Crippen molar-refractivity contribution in [2.75, 3.05) is 20.2 Å². The third kappa shape index (κ3) is 3.56. The number of aromatic nitrogens is 1. The zero-order valence-corrected chi connectivity index (χ0v) is 18.9. The van der Waals surface area contributed by atoms with E-state index < -0.39 is 5.54 Å². The lowest BCUT2D eigenvalue weighted by Crippen LogP contribution is -2.53. The van der Waals surface area contributed by atoms with Crippen LogP contribution in [0.1, 0.15) is 47.7 Å². The summed E-state index contributed by atoms with van der Waals surface area (Å²) in [5.41, 5.74) is 1.32. The molecule has 2 fully saturated rings. The Morgan fingerprint density at radius 2 is 2.00 bits per heavy atom. The maximum atomic E-state index is 14.9. The summed E-state index contributed by atoms with van der Waals surface area (Å²) in [7, 11) is 3.48. The molecule has 0 saturated carbocycles. The SMILES string of the molecule is COc1cccc2c1cc(C(=O)N1C[C@@H](c3ccccc3F)[C@@]3(CCCCC(=O)N3)C1)n2C. The molecule has 5 rings (SSSR count). The first-order chi connectivity index (χ1) is 15.9. The molecule has 0 aliphatic carbocycles. The van der Waals surface area contributed by atoms with Crippen LogP contribution in [0.5, 0.6) is 5.75 Å². The second-order valence-electron chi connectivity index (χ2n) is 9.15. The number of carbonyl (C=O) groups is 2. The topological polar surface area (TPSA) is 63.6 Å². The van der Waals surface area contributed by atoms with Gasteiger partial charge in [-0.15, -0.1) is 0 Å². The van der Waals surface area contributed by atoms with Gasteiger partial charge in [0, 0.05) is 37.9 Å². The van der Waals surface area contributed by atoms with Crippen LogP contribution < -0.4 is 10.1 Å². The second kappa shape index (κ2) is 8.21. The molecule has 2 saturated heterocycles. The molecule has 2 aliphatic heterocycles. The van der Waals surface area contributed by atoms with Crippen LogP contribution >= 0.6 is 0 Å². The minimum Gasteiger partial charge on any atom is -0.496 e. The van der Waals surface area contributed by atoms with E-state index in [0.717, 1.165) is 23.7 Å². The van der Waals surface area contributed by atoms with Crippen LogP contribution in [0.3, 0.4) is 0 Å². The van der Waals surface area contributed by atoms with Crippen molar-refractivity contribution in [2.45, 2.75) is 37.1 Å². The lowest BCUT2D eigenvalue weighted by Gasteiger charge is -2.34. The van der Waals surface area contributed by atoms with Gasteiger partial charge >= 0.3 is 0 Å². The van der Waals surface area contributed by atoms with E-state index in [2.05, 4.69) is 5.32 Å². The first-order valence-electron chi connectivity index (χ1n) is 11.4. The normalized spacial score (nSPS) is 23.1. The van der Waals surface area contributed by atoms with Crippen LogP contribution in [0.4, 0.5) is 4.39 Å². The third-order valence-corrected chi connectivity index (χ3v) is 7.26. The number of hydrogen-bond acceptors (Lipinski definition) is 3. The van der Waals surface area contributed by atoms with E-state index >= 15 is 0 Å². The molecule has 3 heterocycles. The summed E-state index contributed by atoms with van der Waals surface area (Å²) in [5, 5.41) is 4.07. The van der Waals surface area contributed by atoms with Gasteiger partial charge in [0.15, 0.2) is 0 Å². The predicted octanol–water partition coefficient (Wildman–Crippen LogP) is 3.99. The number of halogens is 1. The molecule has 1 N–H and O–H groups in total. The summed E-state index contributed by atoms with van der Waals surface area (Å²) in [4.78, 5) is 28.1. The molecule has 6 nitrogen and oxygen atoms in total. The van der Waals surface area contributed by atoms with Crippen molar-refractivity contribution < 1.29 is 18.7 Å². The van der Waals surface area contributed by atoms with Crippen molar-refractivity contribution in [3.63, 3.8) is 0 Å². The van der Waals surface area contributed by atoms with E-state index in [1.54, 1.807) is 24.1 Å². The van der Waals surface area contributed by atoms with Gasteiger partial charge in [0.05, 0.1) is 18.2 Å². The fourth-order valence-corrected chi connectivity index (χ4v) is 5.61. The van der Waals surface area contributed by atoms with Crippen LogP contribution in [-0.4, -0.2) is 47.0 Å². The van der Waals surface area contributed by atoms with Crippen LogP contribution in [0, 0.1) is 5.82 Å². The minimum atomic E-state index is -0.673. The summed E-state index contributed by atoms with van der Waals surface area (Å²) in [6, 6.07) is 14.3. The van der Waals surface area contributed by atoms with Crippen molar-refractivity contribution >= 4 is 22.7 Å². The van der Waals surface area contributed by atoms with Gasteiger partial charge in [-0.25, -0.2) is 4.39 Å². The van der Waals surface area contributed by atoms with Gasteiger partial charge in [0.2, 0.25) is 5.91 Å². The Kier molecular flexibility index (Phi) is 5.35. The van der Waals surface area contributed by atoms with E-state index in [1.807, 2.05) is 41.9 Å². The molecule has 1 aromatic heterocycles. The lowest BCUT2D eigenvalue weighted by atomic mass is 9.78. The molecule has 2 atom stereocenters. The first-order valence-corrected chi connectivity index (χ1v) is 11.4. The van der Waals surface area contributed by atoms with E-state index in [1.165, 1.54) is 6.07 Å². The van der Waals surface area contributed by atoms with Crippen LogP contribution in [0.15, 0.2) is 48.5 Å². The van der Waals surface area contributed by atoms with E-state index in [4.69, 9.17) is 4.74 Å². The molecule has 2 aromatic carbocycles. The largest absolute Gasteiger partial charge is 0.496 e. The Hall–Kier alpha value is -3.35. The number of methoxy groups -OCH3 is 1. The summed E-state index contributed by atoms with van der Waals surface area (Å²) >= 11 is 0. The van der Waals surface area contributed by atoms with Crippen LogP contribution in [0.25, 0.3) is 10.9 Å². The number of nitrogens with one attached hydrogen (secondary N) is 1. The van der Waals surface area contributed by atoms with Crippen molar-refractivity contribution in [3.8, 4) is 5.75 Å². The maximum absolute atomic E-state index is 14.9. The summed E-state index contributed by atoms with van der Waals surface area (Å²) in [6.07, 6.45) is 2.83. The monoisotopic (exact) mass is 449 g/mol. The highest BCUT2D eigenvalue weighted by molar-refractivity contribution is 6.00. The molecule has 2 aliphatic rings. The molecular weight excluding hydrogens is 421 g/mol. The Bertz CT molecular complexity index is 1240. The Balaban J connectivity index is 1.55. The van der Waals surface area contributed by atoms with Gasteiger partial charge < -0.3 is 19.5 Å².